The summed E-state index contributed by atoms with van der Waals surface area (Å²) in [7, 11) is 0. The van der Waals surface area contributed by atoms with Crippen LogP contribution < -0.4 is 0 Å². The first-order valence-electron chi connectivity index (χ1n) is 6.09. The molecule has 1 fully saturated rings. The van der Waals surface area contributed by atoms with E-state index >= 15 is 0 Å². The van der Waals surface area contributed by atoms with E-state index in [1.807, 2.05) is 0 Å². The van der Waals surface area contributed by atoms with Crippen LogP contribution in [0.5, 0.6) is 0 Å². The van der Waals surface area contributed by atoms with E-state index in [1.165, 1.54) is 57.8 Å². The van der Waals surface area contributed by atoms with Crippen molar-refractivity contribution in [2.24, 2.45) is 0 Å². The zero-order valence-electron chi connectivity index (χ0n) is 9.23. The summed E-state index contributed by atoms with van der Waals surface area (Å²) in [4.78, 5) is 0. The van der Waals surface area contributed by atoms with Gasteiger partial charge in [0.05, 0.1) is 0 Å². The van der Waals surface area contributed by atoms with Crippen LogP contribution in [0.3, 0.4) is 0 Å². The molecule has 2 heteroatoms. The molecule has 0 aromatic heterocycles. The van der Waals surface area contributed by atoms with Gasteiger partial charge < -0.3 is 0 Å². The SMILES string of the molecule is CCCCCCCCCCC1O[CH]1[Au]. The van der Waals surface area contributed by atoms with E-state index in [4.69, 9.17) is 4.74 Å². The molecule has 0 radical (unpaired) electrons. The van der Waals surface area contributed by atoms with Crippen LogP contribution in [0.15, 0.2) is 0 Å². The normalized spacial score (nSPS) is 25.4. The molecule has 1 nitrogen and oxygen atoms in total. The Labute approximate surface area is 101 Å². The third-order valence-corrected chi connectivity index (χ3v) is 3.92. The second kappa shape index (κ2) is 7.92. The second-order valence-electron chi connectivity index (χ2n) is 4.25. The maximum atomic E-state index is 5.35. The van der Waals surface area contributed by atoms with Crippen molar-refractivity contribution in [1.82, 2.24) is 0 Å². The average molecular weight is 380 g/mol. The van der Waals surface area contributed by atoms with Crippen LogP contribution in [0.2, 0.25) is 0 Å². The molecule has 1 rings (SSSR count). The van der Waals surface area contributed by atoms with E-state index in [0.29, 0.717) is 10.4 Å². The van der Waals surface area contributed by atoms with Gasteiger partial charge in [-0.3, -0.25) is 0 Å². The Hall–Kier alpha value is 0.700. The van der Waals surface area contributed by atoms with Crippen LogP contribution in [0.4, 0.5) is 0 Å². The van der Waals surface area contributed by atoms with Gasteiger partial charge in [-0.2, -0.15) is 0 Å². The standard InChI is InChI=1S/C12H23O.Au/c1-2-3-4-5-6-7-8-9-10-12-11-13-12;/h11-12H,2-10H2,1H3;. The van der Waals surface area contributed by atoms with E-state index in [0.717, 1.165) is 0 Å². The van der Waals surface area contributed by atoms with Gasteiger partial charge in [-0.1, -0.05) is 0 Å². The fourth-order valence-electron chi connectivity index (χ4n) is 1.77. The molecule has 1 aliphatic rings. The average Bonchev–Trinajstić information content (AvgIpc) is 2.87. The molecule has 0 bridgehead atoms. The molecule has 14 heavy (non-hydrogen) atoms. The molecular formula is C12H23AuO. The first-order valence-corrected chi connectivity index (χ1v) is 7.34. The molecule has 0 aliphatic carbocycles. The summed E-state index contributed by atoms with van der Waals surface area (Å²) in [6.45, 7) is 2.27. The minimum absolute atomic E-state index is 0.513. The monoisotopic (exact) mass is 380 g/mol. The van der Waals surface area contributed by atoms with Crippen molar-refractivity contribution in [3.63, 3.8) is 0 Å². The molecule has 0 aromatic rings. The molecule has 2 atom stereocenters. The van der Waals surface area contributed by atoms with Crippen LogP contribution in [0.1, 0.15) is 64.7 Å². The van der Waals surface area contributed by atoms with Crippen LogP contribution in [0.25, 0.3) is 0 Å². The molecule has 0 aromatic carbocycles. The van der Waals surface area contributed by atoms with Crippen LogP contribution in [-0.2, 0) is 25.8 Å². The number of ether oxygens (including phenoxy) is 1. The Morgan fingerprint density at radius 1 is 0.929 bits per heavy atom. The molecule has 1 aliphatic heterocycles. The molecule has 88 valence electrons. The first-order chi connectivity index (χ1) is 6.84. The van der Waals surface area contributed by atoms with Gasteiger partial charge in [-0.25, -0.2) is 0 Å². The fourth-order valence-corrected chi connectivity index (χ4v) is 2.51. The minimum atomic E-state index is 0.513. The molecular weight excluding hydrogens is 357 g/mol. The van der Waals surface area contributed by atoms with E-state index in [-0.39, 0.29) is 0 Å². The summed E-state index contributed by atoms with van der Waals surface area (Å²) >= 11 is 2.55. The molecule has 0 spiro atoms. The Kier molecular flexibility index (Phi) is 7.23. The van der Waals surface area contributed by atoms with Gasteiger partial charge in [0.15, 0.2) is 0 Å². The number of hydrogen-bond acceptors (Lipinski definition) is 1. The van der Waals surface area contributed by atoms with Crippen molar-refractivity contribution < 1.29 is 25.8 Å². The van der Waals surface area contributed by atoms with Gasteiger partial charge in [0.1, 0.15) is 0 Å². The van der Waals surface area contributed by atoms with Gasteiger partial charge in [-0.15, -0.1) is 0 Å². The van der Waals surface area contributed by atoms with Crippen molar-refractivity contribution in [3.05, 3.63) is 0 Å². The summed E-state index contributed by atoms with van der Waals surface area (Å²) in [6.07, 6.45) is 13.2. The van der Waals surface area contributed by atoms with E-state index in [2.05, 4.69) is 28.0 Å². The summed E-state index contributed by atoms with van der Waals surface area (Å²) in [5, 5.41) is 0. The van der Waals surface area contributed by atoms with Crippen molar-refractivity contribution in [1.29, 1.82) is 0 Å². The second-order valence-corrected chi connectivity index (χ2v) is 5.48. The third kappa shape index (κ3) is 6.23. The quantitative estimate of drug-likeness (QED) is 0.337. The van der Waals surface area contributed by atoms with Gasteiger partial charge in [0.2, 0.25) is 0 Å². The molecule has 2 unspecified atom stereocenters. The molecule has 0 N–H and O–H groups in total. The van der Waals surface area contributed by atoms with E-state index in [9.17, 15) is 0 Å². The van der Waals surface area contributed by atoms with Crippen LogP contribution in [-0.4, -0.2) is 10.4 Å². The van der Waals surface area contributed by atoms with Crippen LogP contribution in [0, 0.1) is 0 Å². The number of hydrogen-bond donors (Lipinski definition) is 0. The predicted molar refractivity (Wildman–Crippen MR) is 55.9 cm³/mol. The predicted octanol–water partition coefficient (Wildman–Crippen LogP) is 3.79. The van der Waals surface area contributed by atoms with E-state index in [1.54, 1.807) is 0 Å². The summed E-state index contributed by atoms with van der Waals surface area (Å²) in [5.74, 6) is 0. The zero-order valence-corrected chi connectivity index (χ0v) is 11.4. The van der Waals surface area contributed by atoms with Gasteiger partial charge in [0, 0.05) is 0 Å². The van der Waals surface area contributed by atoms with Gasteiger partial charge >= 0.3 is 101 Å². The number of epoxide rings is 1. The summed E-state index contributed by atoms with van der Waals surface area (Å²) in [5.41, 5.74) is 0. The maximum absolute atomic E-state index is 5.35. The zero-order chi connectivity index (χ0) is 10.2. The summed E-state index contributed by atoms with van der Waals surface area (Å²) in [6, 6.07) is 0. The van der Waals surface area contributed by atoms with Crippen molar-refractivity contribution in [3.8, 4) is 0 Å². The number of rotatable bonds is 9. The Balaban J connectivity index is 1.68. The molecule has 1 heterocycles. The Bertz CT molecular complexity index is 138. The first kappa shape index (κ1) is 12.8. The van der Waals surface area contributed by atoms with E-state index < -0.39 is 0 Å². The molecule has 0 saturated carbocycles. The van der Waals surface area contributed by atoms with Gasteiger partial charge in [0.25, 0.3) is 0 Å². The van der Waals surface area contributed by atoms with Crippen molar-refractivity contribution in [2.45, 2.75) is 75.1 Å². The topological polar surface area (TPSA) is 12.5 Å². The summed E-state index contributed by atoms with van der Waals surface area (Å²) < 4.78 is 5.87. The Morgan fingerprint density at radius 2 is 1.43 bits per heavy atom. The van der Waals surface area contributed by atoms with Gasteiger partial charge in [-0.05, 0) is 0 Å². The van der Waals surface area contributed by atoms with Crippen molar-refractivity contribution in [2.75, 3.05) is 0 Å². The number of unbranched alkanes of at least 4 members (excludes halogenated alkanes) is 7. The molecule has 0 amide bonds. The van der Waals surface area contributed by atoms with Crippen LogP contribution >= 0.6 is 0 Å². The third-order valence-electron chi connectivity index (χ3n) is 2.82. The van der Waals surface area contributed by atoms with Crippen molar-refractivity contribution >= 4 is 0 Å². The molecule has 1 saturated heterocycles. The fraction of sp³-hybridized carbons (Fsp3) is 1.00. The Morgan fingerprint density at radius 3 is 1.93 bits per heavy atom.